The second kappa shape index (κ2) is 4.11. The topological polar surface area (TPSA) is 76.2 Å². The molecule has 4 nitrogen and oxygen atoms in total. The lowest BCUT2D eigenvalue weighted by Crippen LogP contribution is -2.04. The number of hydrogen-bond acceptors (Lipinski definition) is 4. The first-order valence-corrected chi connectivity index (χ1v) is 4.15. The van der Waals surface area contributed by atoms with E-state index in [1.54, 1.807) is 0 Å². The minimum absolute atomic E-state index is 0.242. The van der Waals surface area contributed by atoms with Crippen molar-refractivity contribution in [1.29, 1.82) is 5.41 Å². The van der Waals surface area contributed by atoms with Crippen LogP contribution < -0.4 is 5.73 Å². The number of nitrogens with two attached hydrogens (primary N) is 1. The van der Waals surface area contributed by atoms with Crippen LogP contribution in [0.1, 0.15) is 15.9 Å². The van der Waals surface area contributed by atoms with Crippen LogP contribution in [0.15, 0.2) is 12.1 Å². The van der Waals surface area contributed by atoms with Crippen LogP contribution in [0.2, 0.25) is 5.02 Å². The molecule has 0 bridgehead atoms. The van der Waals surface area contributed by atoms with Crippen LogP contribution in [0.4, 0.5) is 5.69 Å². The largest absolute Gasteiger partial charge is 0.465 e. The van der Waals surface area contributed by atoms with Gasteiger partial charge in [-0.2, -0.15) is 0 Å². The summed E-state index contributed by atoms with van der Waals surface area (Å²) in [6.45, 7) is 0. The number of rotatable bonds is 2. The number of methoxy groups -OCH3 is 1. The summed E-state index contributed by atoms with van der Waals surface area (Å²) in [4.78, 5) is 11.1. The van der Waals surface area contributed by atoms with Gasteiger partial charge in [-0.25, -0.2) is 4.79 Å². The molecule has 5 heteroatoms. The van der Waals surface area contributed by atoms with Crippen molar-refractivity contribution < 1.29 is 9.53 Å². The van der Waals surface area contributed by atoms with Crippen LogP contribution in [0.5, 0.6) is 0 Å². The van der Waals surface area contributed by atoms with Crippen LogP contribution in [-0.2, 0) is 4.74 Å². The Hall–Kier alpha value is -1.55. The van der Waals surface area contributed by atoms with Crippen LogP contribution >= 0.6 is 11.6 Å². The standard InChI is InChI=1S/C9H9ClN2O2/c1-14-9(13)5-2-6(4-11)8(12)7(10)3-5/h2-4,11H,12H2,1H3. The Balaban J connectivity index is 3.29. The summed E-state index contributed by atoms with van der Waals surface area (Å²) in [5.74, 6) is -0.505. The Bertz CT molecular complexity index is 391. The molecule has 0 aromatic heterocycles. The zero-order valence-electron chi connectivity index (χ0n) is 7.50. The van der Waals surface area contributed by atoms with Gasteiger partial charge in [0.05, 0.1) is 23.4 Å². The maximum atomic E-state index is 11.1. The van der Waals surface area contributed by atoms with Gasteiger partial charge in [0.2, 0.25) is 0 Å². The summed E-state index contributed by atoms with van der Waals surface area (Å²) >= 11 is 5.76. The van der Waals surface area contributed by atoms with Crippen molar-refractivity contribution in [2.75, 3.05) is 12.8 Å². The highest BCUT2D eigenvalue weighted by molar-refractivity contribution is 6.34. The molecule has 0 aliphatic rings. The smallest absolute Gasteiger partial charge is 0.337 e. The zero-order valence-corrected chi connectivity index (χ0v) is 8.26. The average Bonchev–Trinajstić information content (AvgIpc) is 2.20. The minimum Gasteiger partial charge on any atom is -0.465 e. The molecule has 1 aromatic carbocycles. The third-order valence-electron chi connectivity index (χ3n) is 1.74. The fourth-order valence-electron chi connectivity index (χ4n) is 0.994. The van der Waals surface area contributed by atoms with E-state index >= 15 is 0 Å². The first kappa shape index (κ1) is 10.5. The van der Waals surface area contributed by atoms with Gasteiger partial charge < -0.3 is 15.9 Å². The van der Waals surface area contributed by atoms with Gasteiger partial charge in [-0.3, -0.25) is 0 Å². The monoisotopic (exact) mass is 212 g/mol. The van der Waals surface area contributed by atoms with E-state index in [2.05, 4.69) is 4.74 Å². The van der Waals surface area contributed by atoms with E-state index in [9.17, 15) is 4.79 Å². The minimum atomic E-state index is -0.505. The van der Waals surface area contributed by atoms with E-state index in [4.69, 9.17) is 22.7 Å². The summed E-state index contributed by atoms with van der Waals surface area (Å²) in [6, 6.07) is 2.87. The molecule has 0 unspecified atom stereocenters. The number of halogens is 1. The third-order valence-corrected chi connectivity index (χ3v) is 2.05. The molecule has 0 aliphatic carbocycles. The van der Waals surface area contributed by atoms with Gasteiger partial charge in [-0.15, -0.1) is 0 Å². The zero-order chi connectivity index (χ0) is 10.7. The average molecular weight is 213 g/mol. The molecule has 0 saturated heterocycles. The van der Waals surface area contributed by atoms with Crippen molar-refractivity contribution in [3.05, 3.63) is 28.3 Å². The molecular weight excluding hydrogens is 204 g/mol. The second-order valence-corrected chi connectivity index (χ2v) is 3.00. The predicted octanol–water partition coefficient (Wildman–Crippen LogP) is 1.71. The van der Waals surface area contributed by atoms with Crippen molar-refractivity contribution in [1.82, 2.24) is 0 Å². The van der Waals surface area contributed by atoms with Crippen molar-refractivity contribution in [2.24, 2.45) is 0 Å². The van der Waals surface area contributed by atoms with Crippen LogP contribution in [0.25, 0.3) is 0 Å². The lowest BCUT2D eigenvalue weighted by Gasteiger charge is -2.05. The Morgan fingerprint density at radius 3 is 2.79 bits per heavy atom. The van der Waals surface area contributed by atoms with E-state index in [1.165, 1.54) is 19.2 Å². The molecule has 0 spiro atoms. The molecule has 74 valence electrons. The number of ether oxygens (including phenoxy) is 1. The molecule has 14 heavy (non-hydrogen) atoms. The van der Waals surface area contributed by atoms with Crippen LogP contribution in [-0.4, -0.2) is 19.3 Å². The summed E-state index contributed by atoms with van der Waals surface area (Å²) in [6.07, 6.45) is 1.04. The van der Waals surface area contributed by atoms with Crippen molar-refractivity contribution in [3.63, 3.8) is 0 Å². The maximum Gasteiger partial charge on any atom is 0.337 e. The molecule has 0 amide bonds. The molecule has 3 N–H and O–H groups in total. The molecule has 0 aliphatic heterocycles. The molecule has 1 aromatic rings. The van der Waals surface area contributed by atoms with Crippen LogP contribution in [0, 0.1) is 5.41 Å². The van der Waals surface area contributed by atoms with Crippen molar-refractivity contribution in [3.8, 4) is 0 Å². The highest BCUT2D eigenvalue weighted by Crippen LogP contribution is 2.24. The quantitative estimate of drug-likeness (QED) is 0.445. The summed E-state index contributed by atoms with van der Waals surface area (Å²) in [5.41, 5.74) is 6.54. The van der Waals surface area contributed by atoms with Gasteiger partial charge in [0.25, 0.3) is 0 Å². The summed E-state index contributed by atoms with van der Waals surface area (Å²) in [5, 5.41) is 7.30. The number of nitrogens with one attached hydrogen (secondary N) is 1. The number of benzene rings is 1. The van der Waals surface area contributed by atoms with Crippen LogP contribution in [0.3, 0.4) is 0 Å². The lowest BCUT2D eigenvalue weighted by atomic mass is 10.1. The summed E-state index contributed by atoms with van der Waals surface area (Å²) < 4.78 is 4.52. The number of nitrogen functional groups attached to an aromatic ring is 1. The Kier molecular flexibility index (Phi) is 3.09. The van der Waals surface area contributed by atoms with Gasteiger partial charge in [0.1, 0.15) is 0 Å². The molecule has 1 rings (SSSR count). The highest BCUT2D eigenvalue weighted by Gasteiger charge is 2.10. The predicted molar refractivity (Wildman–Crippen MR) is 55.1 cm³/mol. The van der Waals surface area contributed by atoms with E-state index in [0.717, 1.165) is 6.21 Å². The maximum absolute atomic E-state index is 11.1. The highest BCUT2D eigenvalue weighted by atomic mass is 35.5. The third kappa shape index (κ3) is 1.85. The van der Waals surface area contributed by atoms with E-state index in [0.29, 0.717) is 5.56 Å². The van der Waals surface area contributed by atoms with Gasteiger partial charge in [-0.1, -0.05) is 11.6 Å². The van der Waals surface area contributed by atoms with Crippen molar-refractivity contribution in [2.45, 2.75) is 0 Å². The normalized spacial score (nSPS) is 9.57. The summed E-state index contributed by atoms with van der Waals surface area (Å²) in [7, 11) is 1.27. The van der Waals surface area contributed by atoms with E-state index in [1.807, 2.05) is 0 Å². The van der Waals surface area contributed by atoms with Gasteiger partial charge in [0, 0.05) is 11.8 Å². The van der Waals surface area contributed by atoms with Gasteiger partial charge in [-0.05, 0) is 12.1 Å². The van der Waals surface area contributed by atoms with E-state index in [-0.39, 0.29) is 16.3 Å². The Morgan fingerprint density at radius 1 is 1.64 bits per heavy atom. The first-order chi connectivity index (χ1) is 6.60. The Morgan fingerprint density at radius 2 is 2.29 bits per heavy atom. The van der Waals surface area contributed by atoms with Gasteiger partial charge in [0.15, 0.2) is 0 Å². The molecule has 0 heterocycles. The van der Waals surface area contributed by atoms with Crippen molar-refractivity contribution >= 4 is 29.5 Å². The number of carbonyl (C=O) groups excluding carboxylic acids is 1. The Labute approximate surface area is 86.1 Å². The fraction of sp³-hybridized carbons (Fsp3) is 0.111. The SMILES string of the molecule is COC(=O)c1cc(Cl)c(N)c(C=N)c1. The fourth-order valence-corrected chi connectivity index (χ4v) is 1.22. The molecule has 0 radical (unpaired) electrons. The lowest BCUT2D eigenvalue weighted by molar-refractivity contribution is 0.0601. The number of anilines is 1. The number of esters is 1. The first-order valence-electron chi connectivity index (χ1n) is 3.78. The number of carbonyl (C=O) groups is 1. The van der Waals surface area contributed by atoms with Gasteiger partial charge >= 0.3 is 5.97 Å². The molecule has 0 atom stereocenters. The molecule has 0 fully saturated rings. The van der Waals surface area contributed by atoms with E-state index < -0.39 is 5.97 Å². The second-order valence-electron chi connectivity index (χ2n) is 2.60. The number of hydrogen-bond donors (Lipinski definition) is 2. The molecule has 0 saturated carbocycles. The molecular formula is C9H9ClN2O2.